The second-order valence-electron chi connectivity index (χ2n) is 9.96. The second kappa shape index (κ2) is 10.4. The van der Waals surface area contributed by atoms with Crippen molar-refractivity contribution in [1.82, 2.24) is 20.3 Å². The topological polar surface area (TPSA) is 111 Å². The Hall–Kier alpha value is -4.71. The van der Waals surface area contributed by atoms with Crippen molar-refractivity contribution in [2.75, 3.05) is 17.6 Å². The molecule has 2 heterocycles. The Morgan fingerprint density at radius 1 is 1.05 bits per heavy atom. The predicted octanol–water partition coefficient (Wildman–Crippen LogP) is 6.09. The Labute approximate surface area is 231 Å². The lowest BCUT2D eigenvalue weighted by Gasteiger charge is -2.21. The molecule has 4 N–H and O–H groups in total. The number of nitrogens with two attached hydrogens (primary N) is 1. The molecule has 1 atom stereocenters. The fourth-order valence-corrected chi connectivity index (χ4v) is 4.64. The second-order valence-corrected chi connectivity index (χ2v) is 9.96. The molecule has 0 radical (unpaired) electrons. The van der Waals surface area contributed by atoms with Crippen molar-refractivity contribution in [1.29, 1.82) is 0 Å². The molecule has 0 saturated heterocycles. The summed E-state index contributed by atoms with van der Waals surface area (Å²) >= 11 is 0. The van der Waals surface area contributed by atoms with Crippen LogP contribution in [0.2, 0.25) is 0 Å². The number of fused-ring (bicyclic) bond motifs is 1. The van der Waals surface area contributed by atoms with Crippen molar-refractivity contribution in [3.8, 4) is 5.69 Å². The molecule has 1 aliphatic carbocycles. The van der Waals surface area contributed by atoms with Gasteiger partial charge in [-0.1, -0.05) is 41.6 Å². The lowest BCUT2D eigenvalue weighted by atomic mass is 9.97. The van der Waals surface area contributed by atoms with E-state index in [9.17, 15) is 22.4 Å². The van der Waals surface area contributed by atoms with Crippen molar-refractivity contribution in [3.05, 3.63) is 101 Å². The first-order valence-corrected chi connectivity index (χ1v) is 12.9. The van der Waals surface area contributed by atoms with Gasteiger partial charge in [-0.15, -0.1) is 0 Å². The zero-order valence-corrected chi connectivity index (χ0v) is 21.5. The highest BCUT2D eigenvalue weighted by Crippen LogP contribution is 2.33. The number of amides is 1. The molecule has 1 unspecified atom stereocenters. The summed E-state index contributed by atoms with van der Waals surface area (Å²) in [6, 6.07) is 18.5. The summed E-state index contributed by atoms with van der Waals surface area (Å²) in [6.45, 7) is 0.777. The van der Waals surface area contributed by atoms with Gasteiger partial charge in [0.05, 0.1) is 22.8 Å². The maximum Gasteiger partial charge on any atom is 0.435 e. The van der Waals surface area contributed by atoms with E-state index in [0.717, 1.165) is 29.6 Å². The normalized spacial score (nSPS) is 14.3. The van der Waals surface area contributed by atoms with Gasteiger partial charge >= 0.3 is 6.18 Å². The highest BCUT2D eigenvalue weighted by atomic mass is 19.4. The van der Waals surface area contributed by atoms with Crippen LogP contribution in [0.4, 0.5) is 29.1 Å². The van der Waals surface area contributed by atoms with E-state index in [-0.39, 0.29) is 23.2 Å². The molecular weight excluding hydrogens is 540 g/mol. The van der Waals surface area contributed by atoms with Crippen LogP contribution >= 0.6 is 0 Å². The van der Waals surface area contributed by atoms with E-state index in [1.54, 1.807) is 6.07 Å². The van der Waals surface area contributed by atoms with Crippen LogP contribution in [-0.2, 0) is 6.18 Å². The van der Waals surface area contributed by atoms with E-state index < -0.39 is 29.3 Å². The van der Waals surface area contributed by atoms with Crippen LogP contribution in [0.25, 0.3) is 16.7 Å². The Morgan fingerprint density at radius 3 is 2.56 bits per heavy atom. The number of carbonyl (C=O) groups excluding carboxylic acids is 1. The number of aromatic nitrogens is 3. The van der Waals surface area contributed by atoms with Crippen LogP contribution in [-0.4, -0.2) is 27.4 Å². The van der Waals surface area contributed by atoms with Crippen LogP contribution in [0.3, 0.4) is 0 Å². The summed E-state index contributed by atoms with van der Waals surface area (Å²) in [4.78, 5) is 13.4. The van der Waals surface area contributed by atoms with Crippen molar-refractivity contribution >= 4 is 28.4 Å². The monoisotopic (exact) mass is 564 g/mol. The fourth-order valence-electron chi connectivity index (χ4n) is 4.64. The van der Waals surface area contributed by atoms with Gasteiger partial charge in [-0.2, -0.15) is 18.3 Å². The minimum atomic E-state index is -4.83. The number of hydrogen-bond acceptors (Lipinski definition) is 6. The molecule has 3 aromatic carbocycles. The van der Waals surface area contributed by atoms with E-state index >= 15 is 0 Å². The zero-order valence-electron chi connectivity index (χ0n) is 21.5. The summed E-state index contributed by atoms with van der Waals surface area (Å²) in [6.07, 6.45) is -2.55. The Morgan fingerprint density at radius 2 is 1.83 bits per heavy atom. The van der Waals surface area contributed by atoms with E-state index in [4.69, 9.17) is 10.3 Å². The molecule has 1 amide bonds. The molecule has 0 aliphatic heterocycles. The fraction of sp³-hybridized carbons (Fsp3) is 0.207. The lowest BCUT2D eigenvalue weighted by molar-refractivity contribution is -0.141. The average Bonchev–Trinajstić information content (AvgIpc) is 3.54. The number of anilines is 2. The first kappa shape index (κ1) is 26.5. The van der Waals surface area contributed by atoms with Gasteiger partial charge in [0, 0.05) is 6.07 Å². The molecule has 5 aromatic rings. The van der Waals surface area contributed by atoms with Gasteiger partial charge in [0.25, 0.3) is 5.91 Å². The Balaban J connectivity index is 1.35. The van der Waals surface area contributed by atoms with Crippen molar-refractivity contribution in [2.24, 2.45) is 5.92 Å². The maximum absolute atomic E-state index is 15.0. The number of carbonyl (C=O) groups is 1. The van der Waals surface area contributed by atoms with Crippen molar-refractivity contribution in [3.63, 3.8) is 0 Å². The van der Waals surface area contributed by atoms with Gasteiger partial charge in [0.15, 0.2) is 17.1 Å². The number of halogens is 4. The van der Waals surface area contributed by atoms with Gasteiger partial charge in [-0.25, -0.2) is 9.07 Å². The van der Waals surface area contributed by atoms with Crippen LogP contribution < -0.4 is 16.4 Å². The van der Waals surface area contributed by atoms with Crippen molar-refractivity contribution in [2.45, 2.75) is 25.1 Å². The average molecular weight is 565 g/mol. The molecule has 1 saturated carbocycles. The van der Waals surface area contributed by atoms with E-state index in [2.05, 4.69) is 20.9 Å². The van der Waals surface area contributed by atoms with Crippen LogP contribution in [0.1, 0.15) is 46.2 Å². The number of benzene rings is 3. The van der Waals surface area contributed by atoms with Gasteiger partial charge in [-0.05, 0) is 66.8 Å². The third-order valence-electron chi connectivity index (χ3n) is 6.97. The highest BCUT2D eigenvalue weighted by molar-refractivity contribution is 6.04. The summed E-state index contributed by atoms with van der Waals surface area (Å²) in [5.74, 6) is -1.11. The number of hydrogen-bond donors (Lipinski definition) is 3. The largest absolute Gasteiger partial charge is 0.435 e. The molecule has 12 heteroatoms. The number of nitrogens with zero attached hydrogens (tertiary/aromatic N) is 3. The SMILES string of the molecule is Nc1noc2ccc(-n3nc(C(F)(F)F)cc3C(=O)Nc3cc(C(NCC4CC4)c4ccccc4)ccc3F)cc12. The minimum absolute atomic E-state index is 0.0261. The van der Waals surface area contributed by atoms with Gasteiger partial charge < -0.3 is 20.9 Å². The van der Waals surface area contributed by atoms with E-state index in [1.807, 2.05) is 30.3 Å². The molecular formula is C29H24F4N6O2. The third-order valence-corrected chi connectivity index (χ3v) is 6.97. The number of alkyl halides is 3. The molecule has 0 bridgehead atoms. The first-order chi connectivity index (χ1) is 19.7. The van der Waals surface area contributed by atoms with Gasteiger partial charge in [0.1, 0.15) is 11.5 Å². The summed E-state index contributed by atoms with van der Waals surface area (Å²) in [5.41, 5.74) is 5.93. The Bertz CT molecular complexity index is 1730. The number of nitrogens with one attached hydrogen (secondary N) is 2. The van der Waals surface area contributed by atoms with E-state index in [1.165, 1.54) is 30.3 Å². The molecule has 41 heavy (non-hydrogen) atoms. The minimum Gasteiger partial charge on any atom is -0.380 e. The molecule has 6 rings (SSSR count). The third kappa shape index (κ3) is 5.50. The lowest BCUT2D eigenvalue weighted by Crippen LogP contribution is -2.25. The molecule has 1 fully saturated rings. The number of nitrogen functional groups attached to an aromatic ring is 1. The van der Waals surface area contributed by atoms with Crippen molar-refractivity contribution < 1.29 is 26.9 Å². The summed E-state index contributed by atoms with van der Waals surface area (Å²) in [7, 11) is 0. The smallest absolute Gasteiger partial charge is 0.380 e. The summed E-state index contributed by atoms with van der Waals surface area (Å²) < 4.78 is 61.8. The highest BCUT2D eigenvalue weighted by Gasteiger charge is 2.36. The number of rotatable bonds is 8. The van der Waals surface area contributed by atoms with Crippen LogP contribution in [0.15, 0.2) is 77.3 Å². The van der Waals surface area contributed by atoms with Crippen LogP contribution in [0, 0.1) is 11.7 Å². The quantitative estimate of drug-likeness (QED) is 0.197. The standard InChI is InChI=1S/C29H24F4N6O2/c30-21-10-8-18(26(35-15-16-6-7-16)17-4-2-1-3-5-17)12-22(21)36-28(40)23-14-25(29(31,32)33)37-39(23)19-9-11-24-20(13-19)27(34)38-41-24/h1-5,8-14,16,26,35H,6-7,15H2,(H2,34,38)(H,36,40). The van der Waals surface area contributed by atoms with Gasteiger partial charge in [0.2, 0.25) is 0 Å². The zero-order chi connectivity index (χ0) is 28.7. The molecule has 8 nitrogen and oxygen atoms in total. The van der Waals surface area contributed by atoms with E-state index in [0.29, 0.717) is 28.5 Å². The molecule has 210 valence electrons. The molecule has 1 aliphatic rings. The molecule has 2 aromatic heterocycles. The molecule has 0 spiro atoms. The van der Waals surface area contributed by atoms with Gasteiger partial charge in [-0.3, -0.25) is 4.79 Å². The summed E-state index contributed by atoms with van der Waals surface area (Å²) in [5, 5.41) is 13.6. The first-order valence-electron chi connectivity index (χ1n) is 12.9. The maximum atomic E-state index is 15.0. The predicted molar refractivity (Wildman–Crippen MR) is 144 cm³/mol. The Kier molecular flexibility index (Phi) is 6.70. The van der Waals surface area contributed by atoms with Crippen LogP contribution in [0.5, 0.6) is 0 Å².